The summed E-state index contributed by atoms with van der Waals surface area (Å²) in [5.41, 5.74) is 3.24. The summed E-state index contributed by atoms with van der Waals surface area (Å²) in [7, 11) is -1.15. The van der Waals surface area contributed by atoms with Crippen LogP contribution in [-0.4, -0.2) is 34.2 Å². The van der Waals surface area contributed by atoms with E-state index >= 15 is 0 Å². The van der Waals surface area contributed by atoms with Gasteiger partial charge in [-0.15, -0.1) is 0 Å². The SMILES string of the molecule is C=C(C)[C@H](C[C@H](O[Si](c1ccccc1)(c1ccccc1)C(C)(C)C)[C@H](C)COCc1ccccc1)OCc1ccc(OC)cc1. The van der Waals surface area contributed by atoms with E-state index in [2.05, 4.69) is 126 Å². The Morgan fingerprint density at radius 3 is 1.73 bits per heavy atom. The molecule has 0 heterocycles. The highest BCUT2D eigenvalue weighted by molar-refractivity contribution is 6.99. The lowest BCUT2D eigenvalue weighted by Crippen LogP contribution is -2.68. The third-order valence-electron chi connectivity index (χ3n) is 8.48. The number of hydrogen-bond acceptors (Lipinski definition) is 4. The number of benzene rings is 4. The molecule has 4 aromatic carbocycles. The Kier molecular flexibility index (Phi) is 12.4. The molecule has 0 aromatic heterocycles. The molecular weight excluding hydrogens is 573 g/mol. The molecule has 0 spiro atoms. The normalized spacial score (nSPS) is 14.0. The van der Waals surface area contributed by atoms with Crippen LogP contribution in [0.15, 0.2) is 127 Å². The molecule has 3 atom stereocenters. The zero-order chi connectivity index (χ0) is 32.3. The first kappa shape index (κ1) is 34.4. The lowest BCUT2D eigenvalue weighted by Gasteiger charge is -2.46. The van der Waals surface area contributed by atoms with Crippen LogP contribution in [0.5, 0.6) is 5.75 Å². The lowest BCUT2D eigenvalue weighted by molar-refractivity contribution is -0.00843. The van der Waals surface area contributed by atoms with Gasteiger partial charge in [0.05, 0.1) is 39.1 Å². The van der Waals surface area contributed by atoms with Crippen LogP contribution in [0, 0.1) is 5.92 Å². The quantitative estimate of drug-likeness (QED) is 0.0930. The fourth-order valence-corrected chi connectivity index (χ4v) is 10.7. The van der Waals surface area contributed by atoms with E-state index in [0.29, 0.717) is 26.2 Å². The molecule has 0 fully saturated rings. The van der Waals surface area contributed by atoms with Crippen molar-refractivity contribution in [2.24, 2.45) is 5.92 Å². The topological polar surface area (TPSA) is 36.9 Å². The lowest BCUT2D eigenvalue weighted by atomic mass is 9.97. The molecule has 0 bridgehead atoms. The Labute approximate surface area is 272 Å². The van der Waals surface area contributed by atoms with E-state index in [-0.39, 0.29) is 23.2 Å². The van der Waals surface area contributed by atoms with Crippen molar-refractivity contribution >= 4 is 18.7 Å². The maximum atomic E-state index is 7.72. The summed E-state index contributed by atoms with van der Waals surface area (Å²) < 4.78 is 26.0. The second kappa shape index (κ2) is 16.2. The number of rotatable bonds is 16. The Bertz CT molecular complexity index is 1390. The third kappa shape index (κ3) is 9.05. The fraction of sp³-hybridized carbons (Fsp3) is 0.350. The highest BCUT2D eigenvalue weighted by atomic mass is 28.4. The van der Waals surface area contributed by atoms with Gasteiger partial charge in [-0.05, 0) is 45.6 Å². The summed E-state index contributed by atoms with van der Waals surface area (Å²) in [4.78, 5) is 0. The predicted molar refractivity (Wildman–Crippen MR) is 189 cm³/mol. The van der Waals surface area contributed by atoms with E-state index in [1.807, 2.05) is 30.3 Å². The van der Waals surface area contributed by atoms with E-state index < -0.39 is 8.32 Å². The molecule has 0 saturated heterocycles. The first-order valence-corrected chi connectivity index (χ1v) is 17.9. The van der Waals surface area contributed by atoms with Crippen molar-refractivity contribution in [3.8, 4) is 5.75 Å². The largest absolute Gasteiger partial charge is 0.497 e. The van der Waals surface area contributed by atoms with Crippen LogP contribution in [0.4, 0.5) is 0 Å². The average Bonchev–Trinajstić information content (AvgIpc) is 3.05. The fourth-order valence-electron chi connectivity index (χ4n) is 5.90. The van der Waals surface area contributed by atoms with Gasteiger partial charge in [0.25, 0.3) is 8.32 Å². The Morgan fingerprint density at radius 2 is 1.24 bits per heavy atom. The Balaban J connectivity index is 1.68. The van der Waals surface area contributed by atoms with Crippen LogP contribution in [0.3, 0.4) is 0 Å². The summed E-state index contributed by atoms with van der Waals surface area (Å²) in [6.45, 7) is 17.2. The molecule has 0 unspecified atom stereocenters. The van der Waals surface area contributed by atoms with Crippen LogP contribution < -0.4 is 15.1 Å². The number of methoxy groups -OCH3 is 1. The zero-order valence-corrected chi connectivity index (χ0v) is 28.9. The molecule has 0 aliphatic carbocycles. The van der Waals surface area contributed by atoms with Crippen molar-refractivity contribution in [3.05, 3.63) is 139 Å². The van der Waals surface area contributed by atoms with Gasteiger partial charge in [-0.25, -0.2) is 0 Å². The number of ether oxygens (including phenoxy) is 3. The minimum Gasteiger partial charge on any atom is -0.497 e. The molecule has 4 aromatic rings. The van der Waals surface area contributed by atoms with Gasteiger partial charge in [0, 0.05) is 12.3 Å². The van der Waals surface area contributed by atoms with Gasteiger partial charge >= 0.3 is 0 Å². The highest BCUT2D eigenvalue weighted by Crippen LogP contribution is 2.39. The van der Waals surface area contributed by atoms with Gasteiger partial charge in [-0.2, -0.15) is 0 Å². The number of hydrogen-bond donors (Lipinski definition) is 0. The first-order chi connectivity index (χ1) is 21.6. The molecule has 0 amide bonds. The molecule has 0 aliphatic rings. The molecule has 45 heavy (non-hydrogen) atoms. The minimum absolute atomic E-state index is 0.0989. The van der Waals surface area contributed by atoms with Crippen LogP contribution in [0.1, 0.15) is 52.2 Å². The van der Waals surface area contributed by atoms with E-state index in [9.17, 15) is 0 Å². The van der Waals surface area contributed by atoms with E-state index in [0.717, 1.165) is 22.4 Å². The maximum Gasteiger partial charge on any atom is 0.261 e. The third-order valence-corrected chi connectivity index (χ3v) is 13.5. The van der Waals surface area contributed by atoms with Gasteiger partial charge in [-0.1, -0.05) is 143 Å². The van der Waals surface area contributed by atoms with Crippen molar-refractivity contribution in [2.45, 2.75) is 71.5 Å². The van der Waals surface area contributed by atoms with Crippen LogP contribution in [0.25, 0.3) is 0 Å². The van der Waals surface area contributed by atoms with Crippen LogP contribution in [0.2, 0.25) is 5.04 Å². The van der Waals surface area contributed by atoms with Gasteiger partial charge in [0.2, 0.25) is 0 Å². The summed E-state index contributed by atoms with van der Waals surface area (Å²) in [5.74, 6) is 0.931. The van der Waals surface area contributed by atoms with E-state index in [4.69, 9.17) is 18.6 Å². The Hall–Kier alpha value is -3.48. The highest BCUT2D eigenvalue weighted by Gasteiger charge is 2.52. The molecular formula is C40H50O4Si. The standard InChI is InChI=1S/C40H50O4Si/c1-31(2)38(43-30-34-23-25-35(41-7)26-24-34)27-39(32(3)28-42-29-33-17-11-8-12-18-33)44-45(40(4,5)6,36-19-13-9-14-20-36)37-21-15-10-16-22-37/h8-26,32,38-39H,1,27-30H2,2-7H3/t32-,38+,39+/m1/s1. The molecule has 5 heteroatoms. The summed E-state index contributed by atoms with van der Waals surface area (Å²) in [6, 6.07) is 40.0. The minimum atomic E-state index is -2.83. The summed E-state index contributed by atoms with van der Waals surface area (Å²) in [6.07, 6.45) is 0.336. The summed E-state index contributed by atoms with van der Waals surface area (Å²) >= 11 is 0. The molecule has 4 rings (SSSR count). The van der Waals surface area contributed by atoms with Crippen molar-refractivity contribution < 1.29 is 18.6 Å². The van der Waals surface area contributed by atoms with E-state index in [1.165, 1.54) is 10.4 Å². The monoisotopic (exact) mass is 622 g/mol. The van der Waals surface area contributed by atoms with Crippen molar-refractivity contribution in [1.82, 2.24) is 0 Å². The summed E-state index contributed by atoms with van der Waals surface area (Å²) in [5, 5.41) is 2.37. The predicted octanol–water partition coefficient (Wildman–Crippen LogP) is 8.34. The maximum absolute atomic E-state index is 7.72. The molecule has 0 radical (unpaired) electrons. The van der Waals surface area contributed by atoms with Crippen LogP contribution >= 0.6 is 0 Å². The van der Waals surface area contributed by atoms with Gasteiger partial charge in [0.1, 0.15) is 5.75 Å². The van der Waals surface area contributed by atoms with Crippen molar-refractivity contribution in [3.63, 3.8) is 0 Å². The molecule has 0 aliphatic heterocycles. The van der Waals surface area contributed by atoms with Gasteiger partial charge in [0.15, 0.2) is 0 Å². The second-order valence-electron chi connectivity index (χ2n) is 13.0. The second-order valence-corrected chi connectivity index (χ2v) is 17.3. The smallest absolute Gasteiger partial charge is 0.261 e. The van der Waals surface area contributed by atoms with Crippen molar-refractivity contribution in [2.75, 3.05) is 13.7 Å². The zero-order valence-electron chi connectivity index (χ0n) is 27.9. The molecule has 0 saturated carbocycles. The molecule has 4 nitrogen and oxygen atoms in total. The van der Waals surface area contributed by atoms with Gasteiger partial charge in [-0.3, -0.25) is 0 Å². The van der Waals surface area contributed by atoms with Gasteiger partial charge < -0.3 is 18.6 Å². The average molecular weight is 623 g/mol. The van der Waals surface area contributed by atoms with E-state index in [1.54, 1.807) is 7.11 Å². The Morgan fingerprint density at radius 1 is 0.733 bits per heavy atom. The first-order valence-electron chi connectivity index (χ1n) is 15.9. The van der Waals surface area contributed by atoms with Crippen LogP contribution in [-0.2, 0) is 27.1 Å². The van der Waals surface area contributed by atoms with Crippen molar-refractivity contribution in [1.29, 1.82) is 0 Å². The molecule has 238 valence electrons. The molecule has 0 N–H and O–H groups in total.